The Hall–Kier alpha value is -3.25. The molecule has 1 aliphatic rings. The Balaban J connectivity index is 1.31. The molecule has 3 heterocycles. The normalized spacial score (nSPS) is 16.1. The van der Waals surface area contributed by atoms with Crippen molar-refractivity contribution in [1.29, 1.82) is 0 Å². The van der Waals surface area contributed by atoms with Crippen LogP contribution in [-0.2, 0) is 19.4 Å². The van der Waals surface area contributed by atoms with Crippen LogP contribution in [0.1, 0.15) is 28.9 Å². The number of hydrogen-bond acceptors (Lipinski definition) is 4. The molecule has 1 unspecified atom stereocenters. The van der Waals surface area contributed by atoms with E-state index in [9.17, 15) is 4.79 Å². The fourth-order valence-corrected chi connectivity index (χ4v) is 4.07. The van der Waals surface area contributed by atoms with Crippen LogP contribution in [0.5, 0.6) is 0 Å². The Morgan fingerprint density at radius 1 is 1.21 bits per heavy atom. The average molecular weight is 385 g/mol. The molecule has 1 atom stereocenters. The van der Waals surface area contributed by atoms with Gasteiger partial charge in [0, 0.05) is 41.1 Å². The fraction of sp³-hybridized carbons (Fsp3) is 0.261. The lowest BCUT2D eigenvalue weighted by molar-refractivity contribution is 0.455. The van der Waals surface area contributed by atoms with Crippen molar-refractivity contribution in [3.05, 3.63) is 87.6 Å². The summed E-state index contributed by atoms with van der Waals surface area (Å²) in [5.74, 6) is 0.636. The zero-order chi connectivity index (χ0) is 19.8. The van der Waals surface area contributed by atoms with Crippen LogP contribution in [0.15, 0.2) is 59.5 Å². The fourth-order valence-electron chi connectivity index (χ4n) is 4.07. The molecule has 0 radical (unpaired) electrons. The van der Waals surface area contributed by atoms with E-state index in [4.69, 9.17) is 0 Å². The summed E-state index contributed by atoms with van der Waals surface area (Å²) < 4.78 is 1.56. The van der Waals surface area contributed by atoms with Gasteiger partial charge in [0.05, 0.1) is 5.52 Å². The van der Waals surface area contributed by atoms with Crippen LogP contribution in [0.4, 0.5) is 0 Å². The van der Waals surface area contributed by atoms with Gasteiger partial charge >= 0.3 is 0 Å². The first-order valence-electron chi connectivity index (χ1n) is 10.0. The molecule has 3 aromatic heterocycles. The number of fused-ring (bicyclic) bond motifs is 2. The van der Waals surface area contributed by atoms with Gasteiger partial charge in [0.2, 0.25) is 0 Å². The summed E-state index contributed by atoms with van der Waals surface area (Å²) in [4.78, 5) is 21.7. The molecular weight excluding hydrogens is 362 g/mol. The molecule has 6 nitrogen and oxygen atoms in total. The van der Waals surface area contributed by atoms with Crippen LogP contribution in [0, 0.1) is 6.92 Å². The average Bonchev–Trinajstić information content (AvgIpc) is 3.09. The Morgan fingerprint density at radius 3 is 3.00 bits per heavy atom. The van der Waals surface area contributed by atoms with Crippen LogP contribution < -0.4 is 10.9 Å². The lowest BCUT2D eigenvalue weighted by Crippen LogP contribution is -2.35. The number of aromatic nitrogens is 4. The molecule has 0 amide bonds. The Bertz CT molecular complexity index is 1230. The smallest absolute Gasteiger partial charge is 0.276 e. The van der Waals surface area contributed by atoms with Crippen molar-refractivity contribution >= 4 is 10.9 Å². The van der Waals surface area contributed by atoms with E-state index in [0.717, 1.165) is 53.7 Å². The largest absolute Gasteiger partial charge is 0.310 e. The second-order valence-electron chi connectivity index (χ2n) is 7.70. The van der Waals surface area contributed by atoms with Gasteiger partial charge in [0.15, 0.2) is 5.82 Å². The van der Waals surface area contributed by atoms with Gasteiger partial charge in [-0.05, 0) is 62.1 Å². The van der Waals surface area contributed by atoms with Gasteiger partial charge in [0.1, 0.15) is 0 Å². The summed E-state index contributed by atoms with van der Waals surface area (Å²) in [7, 11) is 0. The monoisotopic (exact) mass is 385 g/mol. The third-order valence-corrected chi connectivity index (χ3v) is 5.63. The molecule has 6 heteroatoms. The minimum atomic E-state index is 0.0114. The zero-order valence-corrected chi connectivity index (χ0v) is 16.4. The van der Waals surface area contributed by atoms with Crippen LogP contribution in [0.2, 0.25) is 0 Å². The van der Waals surface area contributed by atoms with Gasteiger partial charge in [0.25, 0.3) is 5.56 Å². The molecule has 0 saturated carbocycles. The third-order valence-electron chi connectivity index (χ3n) is 5.63. The molecule has 0 fully saturated rings. The highest BCUT2D eigenvalue weighted by Crippen LogP contribution is 2.19. The number of hydrogen-bond donors (Lipinski definition) is 2. The molecule has 0 spiro atoms. The van der Waals surface area contributed by atoms with Gasteiger partial charge in [-0.15, -0.1) is 0 Å². The van der Waals surface area contributed by atoms with Crippen molar-refractivity contribution in [1.82, 2.24) is 25.1 Å². The molecule has 5 rings (SSSR count). The highest BCUT2D eigenvalue weighted by atomic mass is 16.1. The summed E-state index contributed by atoms with van der Waals surface area (Å²) in [6.45, 7) is 2.79. The predicted octanol–water partition coefficient (Wildman–Crippen LogP) is 3.06. The third kappa shape index (κ3) is 3.47. The maximum atomic E-state index is 12.9. The minimum absolute atomic E-state index is 0.0114. The molecule has 2 N–H and O–H groups in total. The first kappa shape index (κ1) is 17.8. The number of rotatable bonds is 4. The van der Waals surface area contributed by atoms with E-state index in [-0.39, 0.29) is 11.6 Å². The second kappa shape index (κ2) is 7.29. The van der Waals surface area contributed by atoms with Crippen LogP contribution in [0.3, 0.4) is 0 Å². The molecule has 1 aromatic carbocycles. The minimum Gasteiger partial charge on any atom is -0.310 e. The Kier molecular flexibility index (Phi) is 4.48. The van der Waals surface area contributed by atoms with Gasteiger partial charge in [-0.25, -0.2) is 9.67 Å². The molecule has 0 bridgehead atoms. The first-order valence-corrected chi connectivity index (χ1v) is 10.0. The number of pyridine rings is 2. The molecule has 1 aliphatic carbocycles. The molecule has 0 aliphatic heterocycles. The Labute approximate surface area is 168 Å². The van der Waals surface area contributed by atoms with Gasteiger partial charge in [-0.3, -0.25) is 14.9 Å². The lowest BCUT2D eigenvalue weighted by Gasteiger charge is -2.22. The number of nitrogens with one attached hydrogen (secondary N) is 2. The second-order valence-corrected chi connectivity index (χ2v) is 7.70. The van der Waals surface area contributed by atoms with Crippen molar-refractivity contribution < 1.29 is 0 Å². The van der Waals surface area contributed by atoms with E-state index in [1.807, 2.05) is 31.2 Å². The zero-order valence-electron chi connectivity index (χ0n) is 16.4. The highest BCUT2D eigenvalue weighted by Gasteiger charge is 2.24. The van der Waals surface area contributed by atoms with E-state index < -0.39 is 0 Å². The van der Waals surface area contributed by atoms with Gasteiger partial charge in [-0.1, -0.05) is 18.2 Å². The van der Waals surface area contributed by atoms with Crippen molar-refractivity contribution in [2.75, 3.05) is 0 Å². The van der Waals surface area contributed by atoms with E-state index in [0.29, 0.717) is 5.82 Å². The highest BCUT2D eigenvalue weighted by molar-refractivity contribution is 5.79. The quantitative estimate of drug-likeness (QED) is 0.566. The summed E-state index contributed by atoms with van der Waals surface area (Å²) >= 11 is 0. The summed E-state index contributed by atoms with van der Waals surface area (Å²) in [6, 6.07) is 16.4. The number of aromatic amines is 1. The van der Waals surface area contributed by atoms with Gasteiger partial charge in [-0.2, -0.15) is 0 Å². The summed E-state index contributed by atoms with van der Waals surface area (Å²) in [6.07, 6.45) is 4.30. The number of H-pyrrole nitrogens is 1. The maximum absolute atomic E-state index is 12.9. The standard InChI is InChI=1S/C23H23N5O/c1-15-5-7-17-12-16(6-9-20(17)26-15)14-25-18-8-10-21-19(13-18)23(29)28(27-21)22-4-2-3-11-24-22/h2-7,9,11-12,18,25,27H,8,10,13-14H2,1H3. The molecule has 0 saturated heterocycles. The van der Waals surface area contributed by atoms with Crippen LogP contribution >= 0.6 is 0 Å². The molecular formula is C23H23N5O. The lowest BCUT2D eigenvalue weighted by atomic mass is 9.93. The Morgan fingerprint density at radius 2 is 2.14 bits per heavy atom. The number of benzene rings is 1. The number of nitrogens with zero attached hydrogens (tertiary/aromatic N) is 3. The summed E-state index contributed by atoms with van der Waals surface area (Å²) in [5.41, 5.74) is 5.21. The number of aryl methyl sites for hydroxylation is 2. The predicted molar refractivity (Wildman–Crippen MR) is 113 cm³/mol. The van der Waals surface area contributed by atoms with Crippen molar-refractivity contribution in [2.45, 2.75) is 38.8 Å². The van der Waals surface area contributed by atoms with E-state index in [1.54, 1.807) is 10.9 Å². The molecule has 146 valence electrons. The van der Waals surface area contributed by atoms with Crippen molar-refractivity contribution in [2.24, 2.45) is 0 Å². The molecule has 4 aromatic rings. The van der Waals surface area contributed by atoms with E-state index >= 15 is 0 Å². The maximum Gasteiger partial charge on any atom is 0.276 e. The van der Waals surface area contributed by atoms with Crippen molar-refractivity contribution in [3.8, 4) is 5.82 Å². The molecule has 29 heavy (non-hydrogen) atoms. The SMILES string of the molecule is Cc1ccc2cc(CNC3CCc4[nH]n(-c5ccccn5)c(=O)c4C3)ccc2n1. The van der Waals surface area contributed by atoms with E-state index in [1.165, 1.54) is 5.56 Å². The van der Waals surface area contributed by atoms with Gasteiger partial charge < -0.3 is 5.32 Å². The van der Waals surface area contributed by atoms with Crippen molar-refractivity contribution in [3.63, 3.8) is 0 Å². The van der Waals surface area contributed by atoms with Crippen LogP contribution in [-0.4, -0.2) is 25.8 Å². The topological polar surface area (TPSA) is 75.6 Å². The summed E-state index contributed by atoms with van der Waals surface area (Å²) in [5, 5.41) is 8.03. The van der Waals surface area contributed by atoms with E-state index in [2.05, 4.69) is 44.6 Å². The first-order chi connectivity index (χ1) is 14.2. The van der Waals surface area contributed by atoms with Crippen LogP contribution in [0.25, 0.3) is 16.7 Å².